The van der Waals surface area contributed by atoms with Gasteiger partial charge in [0.15, 0.2) is 23.0 Å². The molecule has 1 saturated carbocycles. The molecule has 4 aromatic carbocycles. The SMILES string of the molecule is COc1ccc(C(N)=O)c(-c2c(Cl)c(F)cc3c2[C@H](C)[C@@](CNC2CCC(C(=O)N4CC(CCN5CCC(c6ccc7c(N8CCC(=O)NC8=O)nn(C)c7c6)CC5)C4)CC2)(c2ccccc2)O3)c1F. The number of primary amides is 1. The Morgan fingerprint density at radius 3 is 2.41 bits per heavy atom. The lowest BCUT2D eigenvalue weighted by Gasteiger charge is -2.43. The number of benzene rings is 4. The third-order valence-electron chi connectivity index (χ3n) is 15.8. The van der Waals surface area contributed by atoms with Crippen molar-refractivity contribution in [2.75, 3.05) is 57.8 Å². The van der Waals surface area contributed by atoms with Gasteiger partial charge in [-0.3, -0.25) is 29.3 Å². The highest BCUT2D eigenvalue weighted by molar-refractivity contribution is 6.34. The molecular formula is C53H59ClF2N8O6. The number of nitrogens with one attached hydrogen (secondary N) is 2. The van der Waals surface area contributed by atoms with Crippen LogP contribution in [0.3, 0.4) is 0 Å². The maximum atomic E-state index is 16.2. The van der Waals surface area contributed by atoms with Crippen LogP contribution < -0.4 is 30.7 Å². The quantitative estimate of drug-likeness (QED) is 0.106. The maximum absolute atomic E-state index is 16.2. The molecule has 368 valence electrons. The molecule has 5 aromatic rings. The van der Waals surface area contributed by atoms with Gasteiger partial charge in [-0.2, -0.15) is 5.10 Å². The number of carbonyl (C=O) groups excluding carboxylic acids is 4. The number of amides is 5. The summed E-state index contributed by atoms with van der Waals surface area (Å²) in [5.74, 6) is -1.59. The number of aromatic nitrogens is 2. The molecule has 0 bridgehead atoms. The number of aryl methyl sites for hydroxylation is 1. The molecule has 4 fully saturated rings. The first-order chi connectivity index (χ1) is 33.7. The number of halogens is 3. The summed E-state index contributed by atoms with van der Waals surface area (Å²) in [6, 6.07) is 19.6. The van der Waals surface area contributed by atoms with E-state index in [-0.39, 0.29) is 63.4 Å². The Morgan fingerprint density at radius 2 is 1.71 bits per heavy atom. The number of piperidine rings is 1. The third kappa shape index (κ3) is 8.65. The van der Waals surface area contributed by atoms with Crippen molar-refractivity contribution in [2.24, 2.45) is 24.6 Å². The molecule has 5 heterocycles. The van der Waals surface area contributed by atoms with Crippen molar-refractivity contribution in [2.45, 2.75) is 81.8 Å². The average molecular weight is 978 g/mol. The first-order valence-corrected chi connectivity index (χ1v) is 24.9. The minimum absolute atomic E-state index is 0.000692. The van der Waals surface area contributed by atoms with Gasteiger partial charge < -0.3 is 30.3 Å². The fourth-order valence-corrected chi connectivity index (χ4v) is 12.0. The van der Waals surface area contributed by atoms with Crippen molar-refractivity contribution < 1.29 is 37.4 Å². The van der Waals surface area contributed by atoms with Crippen LogP contribution in [-0.4, -0.2) is 102 Å². The van der Waals surface area contributed by atoms with E-state index in [9.17, 15) is 19.2 Å². The van der Waals surface area contributed by atoms with Gasteiger partial charge in [-0.25, -0.2) is 13.6 Å². The number of imide groups is 1. The van der Waals surface area contributed by atoms with E-state index in [1.165, 1.54) is 30.9 Å². The summed E-state index contributed by atoms with van der Waals surface area (Å²) in [6.45, 7) is 7.25. The smallest absolute Gasteiger partial charge is 0.329 e. The van der Waals surface area contributed by atoms with E-state index in [1.807, 2.05) is 53.9 Å². The molecule has 70 heavy (non-hydrogen) atoms. The molecule has 0 unspecified atom stereocenters. The zero-order chi connectivity index (χ0) is 49.0. The summed E-state index contributed by atoms with van der Waals surface area (Å²) in [4.78, 5) is 56.8. The maximum Gasteiger partial charge on any atom is 0.329 e. The first-order valence-electron chi connectivity index (χ1n) is 24.5. The molecule has 1 aromatic heterocycles. The monoisotopic (exact) mass is 976 g/mol. The Labute approximate surface area is 410 Å². The van der Waals surface area contributed by atoms with Gasteiger partial charge in [-0.1, -0.05) is 54.9 Å². The van der Waals surface area contributed by atoms with Crippen molar-refractivity contribution in [1.29, 1.82) is 0 Å². The van der Waals surface area contributed by atoms with Gasteiger partial charge in [-0.15, -0.1) is 0 Å². The number of ether oxygens (including phenoxy) is 2. The number of carbonyl (C=O) groups is 4. The van der Waals surface area contributed by atoms with Gasteiger partial charge in [0.1, 0.15) is 11.6 Å². The van der Waals surface area contributed by atoms with Crippen molar-refractivity contribution in [3.05, 3.63) is 106 Å². The number of nitrogens with two attached hydrogens (primary N) is 1. The van der Waals surface area contributed by atoms with E-state index in [4.69, 9.17) is 26.8 Å². The second-order valence-corrected chi connectivity index (χ2v) is 20.2. The molecule has 5 aliphatic rings. The lowest BCUT2D eigenvalue weighted by Crippen LogP contribution is -2.54. The van der Waals surface area contributed by atoms with Gasteiger partial charge in [-0.05, 0) is 112 Å². The topological polar surface area (TPSA) is 164 Å². The van der Waals surface area contributed by atoms with Gasteiger partial charge >= 0.3 is 6.03 Å². The highest BCUT2D eigenvalue weighted by Gasteiger charge is 2.50. The molecule has 4 N–H and O–H groups in total. The van der Waals surface area contributed by atoms with Crippen LogP contribution in [0.2, 0.25) is 5.02 Å². The summed E-state index contributed by atoms with van der Waals surface area (Å²) < 4.78 is 45.8. The Bertz CT molecular complexity index is 2860. The first kappa shape index (κ1) is 47.6. The standard InChI is InChI=1S/C53H59ClF2N8O6/c1-30-44-42(26-39(55)47(54)46(44)45-38(49(57)66)15-16-41(69-3)48(45)56)70-53(30,35-7-5-4-6-8-35)29-58-36-12-9-33(10-13-36)51(67)63-27-31(28-63)17-21-62-22-18-32(19-23-62)34-11-14-37-40(25-34)61(2)60-50(37)64-24-20-43(65)59-52(64)68/h4-8,11,14-16,25-26,30-33,36,58H,9-10,12-13,17-24,27-29H2,1-3H3,(H2,57,66)(H,59,65,68)/t30-,33?,36?,53-/m0/s1. The third-order valence-corrected chi connectivity index (χ3v) is 16.2. The van der Waals surface area contributed by atoms with Gasteiger partial charge in [0.25, 0.3) is 0 Å². The minimum Gasteiger partial charge on any atom is -0.494 e. The number of hydrogen-bond donors (Lipinski definition) is 3. The molecule has 2 atom stereocenters. The van der Waals surface area contributed by atoms with Crippen molar-refractivity contribution in [1.82, 2.24) is 30.2 Å². The Hall–Kier alpha value is -6.10. The summed E-state index contributed by atoms with van der Waals surface area (Å²) in [6.07, 6.45) is 6.58. The number of anilines is 1. The fourth-order valence-electron chi connectivity index (χ4n) is 11.7. The van der Waals surface area contributed by atoms with Crippen molar-refractivity contribution >= 4 is 52.1 Å². The Morgan fingerprint density at radius 1 is 0.971 bits per heavy atom. The molecular weight excluding hydrogens is 918 g/mol. The molecule has 3 saturated heterocycles. The fraction of sp³-hybridized carbons (Fsp3) is 0.453. The summed E-state index contributed by atoms with van der Waals surface area (Å²) in [5, 5.41) is 11.3. The van der Waals surface area contributed by atoms with E-state index >= 15 is 8.78 Å². The summed E-state index contributed by atoms with van der Waals surface area (Å²) >= 11 is 6.70. The van der Waals surface area contributed by atoms with Gasteiger partial charge in [0.05, 0.1) is 23.2 Å². The number of likely N-dealkylation sites (tertiary alicyclic amines) is 2. The van der Waals surface area contributed by atoms with Crippen LogP contribution in [0.4, 0.5) is 19.4 Å². The van der Waals surface area contributed by atoms with Crippen LogP contribution in [-0.2, 0) is 22.2 Å². The normalized spacial score (nSPS) is 23.3. The van der Waals surface area contributed by atoms with Crippen LogP contribution in [0.25, 0.3) is 22.0 Å². The summed E-state index contributed by atoms with van der Waals surface area (Å²) in [5.41, 5.74) is 7.81. The zero-order valence-electron chi connectivity index (χ0n) is 39.7. The van der Waals surface area contributed by atoms with Crippen LogP contribution in [0.1, 0.15) is 97.2 Å². The molecule has 10 rings (SSSR count). The predicted molar refractivity (Wildman–Crippen MR) is 262 cm³/mol. The average Bonchev–Trinajstić information content (AvgIpc) is 3.83. The van der Waals surface area contributed by atoms with Gasteiger partial charge in [0, 0.05) is 85.7 Å². The number of nitrogens with zero attached hydrogens (tertiary/aromatic N) is 5. The molecule has 5 amide bonds. The number of methoxy groups -OCH3 is 1. The van der Waals surface area contributed by atoms with E-state index in [0.717, 1.165) is 94.1 Å². The molecule has 0 spiro atoms. The number of rotatable bonds is 13. The lowest BCUT2D eigenvalue weighted by molar-refractivity contribution is -0.143. The lowest BCUT2D eigenvalue weighted by atomic mass is 9.77. The van der Waals surface area contributed by atoms with Gasteiger partial charge in [0.2, 0.25) is 17.7 Å². The summed E-state index contributed by atoms with van der Waals surface area (Å²) in [7, 11) is 3.19. The van der Waals surface area contributed by atoms with Crippen LogP contribution in [0, 0.1) is 23.5 Å². The van der Waals surface area contributed by atoms with Crippen LogP contribution in [0.15, 0.2) is 66.7 Å². The second kappa shape index (κ2) is 19.2. The molecule has 1 aliphatic carbocycles. The second-order valence-electron chi connectivity index (χ2n) is 19.8. The van der Waals surface area contributed by atoms with Crippen LogP contribution >= 0.6 is 11.6 Å². The van der Waals surface area contributed by atoms with E-state index in [2.05, 4.69) is 38.8 Å². The highest BCUT2D eigenvalue weighted by atomic mass is 35.5. The Balaban J connectivity index is 0.715. The molecule has 17 heteroatoms. The van der Waals surface area contributed by atoms with E-state index in [0.29, 0.717) is 36.3 Å². The van der Waals surface area contributed by atoms with Crippen LogP contribution in [0.5, 0.6) is 11.5 Å². The molecule has 0 radical (unpaired) electrons. The molecule has 4 aliphatic heterocycles. The Kier molecular flexibility index (Phi) is 13.1. The van der Waals surface area contributed by atoms with E-state index in [1.54, 1.807) is 4.90 Å². The van der Waals surface area contributed by atoms with Crippen molar-refractivity contribution in [3.63, 3.8) is 0 Å². The zero-order valence-corrected chi connectivity index (χ0v) is 40.5. The predicted octanol–water partition coefficient (Wildman–Crippen LogP) is 7.99. The number of urea groups is 1. The molecule has 14 nitrogen and oxygen atoms in total. The van der Waals surface area contributed by atoms with Crippen molar-refractivity contribution in [3.8, 4) is 22.6 Å². The van der Waals surface area contributed by atoms with E-state index < -0.39 is 35.1 Å². The number of hydrogen-bond acceptors (Lipinski definition) is 9. The minimum atomic E-state index is -1.06. The largest absolute Gasteiger partial charge is 0.494 e. The highest BCUT2D eigenvalue weighted by Crippen LogP contribution is 2.56. The number of fused-ring (bicyclic) bond motifs is 2.